The lowest BCUT2D eigenvalue weighted by Crippen LogP contribution is -2.35. The number of alkyl halides is 3. The molecule has 1 aromatic rings. The van der Waals surface area contributed by atoms with E-state index in [0.29, 0.717) is 11.3 Å². The fourth-order valence-electron chi connectivity index (χ4n) is 1.46. The number of nitrogens with two attached hydrogens (primary N) is 1. The SMILES string of the molecule is CCN(CC(F)(F)F)c1cnccc1CN. The molecular weight excluding hydrogens is 219 g/mol. The van der Waals surface area contributed by atoms with Gasteiger partial charge in [-0.15, -0.1) is 0 Å². The minimum absolute atomic E-state index is 0.201. The molecule has 1 heterocycles. The van der Waals surface area contributed by atoms with E-state index in [1.165, 1.54) is 17.3 Å². The Balaban J connectivity index is 2.94. The predicted molar refractivity (Wildman–Crippen MR) is 56.1 cm³/mol. The van der Waals surface area contributed by atoms with Gasteiger partial charge in [0.15, 0.2) is 0 Å². The van der Waals surface area contributed by atoms with Crippen LogP contribution >= 0.6 is 0 Å². The summed E-state index contributed by atoms with van der Waals surface area (Å²) in [5, 5.41) is 0. The lowest BCUT2D eigenvalue weighted by Gasteiger charge is -2.25. The van der Waals surface area contributed by atoms with Crippen LogP contribution in [0.1, 0.15) is 12.5 Å². The highest BCUT2D eigenvalue weighted by Gasteiger charge is 2.30. The summed E-state index contributed by atoms with van der Waals surface area (Å²) in [6.07, 6.45) is -1.29. The molecule has 90 valence electrons. The first-order valence-corrected chi connectivity index (χ1v) is 4.92. The molecule has 0 amide bonds. The topological polar surface area (TPSA) is 42.2 Å². The minimum atomic E-state index is -4.22. The van der Waals surface area contributed by atoms with Gasteiger partial charge in [0.2, 0.25) is 0 Å². The van der Waals surface area contributed by atoms with Gasteiger partial charge in [0, 0.05) is 19.3 Å². The largest absolute Gasteiger partial charge is 0.405 e. The zero-order valence-electron chi connectivity index (χ0n) is 8.96. The van der Waals surface area contributed by atoms with E-state index < -0.39 is 12.7 Å². The molecule has 0 radical (unpaired) electrons. The van der Waals surface area contributed by atoms with E-state index in [2.05, 4.69) is 4.98 Å². The average Bonchev–Trinajstić information content (AvgIpc) is 2.24. The molecule has 0 saturated carbocycles. The van der Waals surface area contributed by atoms with Gasteiger partial charge in [-0.2, -0.15) is 13.2 Å². The summed E-state index contributed by atoms with van der Waals surface area (Å²) < 4.78 is 37.0. The molecule has 0 aliphatic rings. The highest BCUT2D eigenvalue weighted by Crippen LogP contribution is 2.24. The van der Waals surface area contributed by atoms with Crippen LogP contribution in [0.4, 0.5) is 18.9 Å². The number of aromatic nitrogens is 1. The van der Waals surface area contributed by atoms with Crippen molar-refractivity contribution in [1.82, 2.24) is 4.98 Å². The Labute approximate surface area is 92.1 Å². The second-order valence-corrected chi connectivity index (χ2v) is 3.34. The van der Waals surface area contributed by atoms with Crippen molar-refractivity contribution < 1.29 is 13.2 Å². The smallest absolute Gasteiger partial charge is 0.361 e. The van der Waals surface area contributed by atoms with E-state index in [4.69, 9.17) is 5.73 Å². The zero-order valence-corrected chi connectivity index (χ0v) is 8.96. The van der Waals surface area contributed by atoms with Crippen molar-refractivity contribution in [2.24, 2.45) is 5.73 Å². The Hall–Kier alpha value is -1.30. The Morgan fingerprint density at radius 1 is 1.44 bits per heavy atom. The number of nitrogens with zero attached hydrogens (tertiary/aromatic N) is 2. The molecule has 0 aliphatic heterocycles. The van der Waals surface area contributed by atoms with Crippen LogP contribution in [0.15, 0.2) is 18.5 Å². The summed E-state index contributed by atoms with van der Waals surface area (Å²) in [5.41, 5.74) is 6.59. The third kappa shape index (κ3) is 3.37. The van der Waals surface area contributed by atoms with Crippen molar-refractivity contribution in [2.45, 2.75) is 19.6 Å². The number of anilines is 1. The first-order chi connectivity index (χ1) is 7.48. The maximum atomic E-state index is 12.3. The van der Waals surface area contributed by atoms with Crippen LogP contribution in [0.3, 0.4) is 0 Å². The lowest BCUT2D eigenvalue weighted by molar-refractivity contribution is -0.119. The van der Waals surface area contributed by atoms with Crippen LogP contribution in [0, 0.1) is 0 Å². The van der Waals surface area contributed by atoms with Crippen LogP contribution in [0.25, 0.3) is 0 Å². The Kier molecular flexibility index (Phi) is 4.12. The van der Waals surface area contributed by atoms with Gasteiger partial charge in [0.05, 0.1) is 11.9 Å². The molecule has 6 heteroatoms. The van der Waals surface area contributed by atoms with Gasteiger partial charge in [0.1, 0.15) is 6.54 Å². The molecular formula is C10H14F3N3. The minimum Gasteiger partial charge on any atom is -0.361 e. The molecule has 0 aliphatic carbocycles. The van der Waals surface area contributed by atoms with E-state index >= 15 is 0 Å². The van der Waals surface area contributed by atoms with Crippen molar-refractivity contribution >= 4 is 5.69 Å². The maximum absolute atomic E-state index is 12.3. The Morgan fingerprint density at radius 2 is 2.12 bits per heavy atom. The van der Waals surface area contributed by atoms with Gasteiger partial charge >= 0.3 is 6.18 Å². The molecule has 16 heavy (non-hydrogen) atoms. The van der Waals surface area contributed by atoms with Crippen molar-refractivity contribution in [1.29, 1.82) is 0 Å². The van der Waals surface area contributed by atoms with Gasteiger partial charge < -0.3 is 10.6 Å². The summed E-state index contributed by atoms with van der Waals surface area (Å²) in [4.78, 5) is 5.05. The summed E-state index contributed by atoms with van der Waals surface area (Å²) in [5.74, 6) is 0. The zero-order chi connectivity index (χ0) is 12.2. The van der Waals surface area contributed by atoms with E-state index in [0.717, 1.165) is 0 Å². The summed E-state index contributed by atoms with van der Waals surface area (Å²) >= 11 is 0. The van der Waals surface area contributed by atoms with Crippen molar-refractivity contribution in [2.75, 3.05) is 18.0 Å². The molecule has 0 spiro atoms. The normalized spacial score (nSPS) is 11.6. The van der Waals surface area contributed by atoms with Crippen LogP contribution < -0.4 is 10.6 Å². The van der Waals surface area contributed by atoms with Gasteiger partial charge in [-0.05, 0) is 18.6 Å². The Morgan fingerprint density at radius 3 is 2.62 bits per heavy atom. The average molecular weight is 233 g/mol. The molecule has 0 saturated heterocycles. The van der Waals surface area contributed by atoms with Gasteiger partial charge in [-0.25, -0.2) is 0 Å². The van der Waals surface area contributed by atoms with Gasteiger partial charge in [0.25, 0.3) is 0 Å². The van der Waals surface area contributed by atoms with Crippen LogP contribution in [-0.2, 0) is 6.54 Å². The van der Waals surface area contributed by atoms with Crippen molar-refractivity contribution in [3.63, 3.8) is 0 Å². The molecule has 0 atom stereocenters. The van der Waals surface area contributed by atoms with E-state index in [9.17, 15) is 13.2 Å². The van der Waals surface area contributed by atoms with E-state index in [1.54, 1.807) is 13.0 Å². The fourth-order valence-corrected chi connectivity index (χ4v) is 1.46. The summed E-state index contributed by atoms with van der Waals surface area (Å²) in [6, 6.07) is 1.63. The molecule has 1 aromatic heterocycles. The van der Waals surface area contributed by atoms with E-state index in [1.807, 2.05) is 0 Å². The maximum Gasteiger partial charge on any atom is 0.405 e. The van der Waals surface area contributed by atoms with Crippen molar-refractivity contribution in [3.05, 3.63) is 24.0 Å². The third-order valence-corrected chi connectivity index (χ3v) is 2.20. The molecule has 0 fully saturated rings. The van der Waals surface area contributed by atoms with Gasteiger partial charge in [-0.1, -0.05) is 0 Å². The molecule has 1 rings (SSSR count). The first-order valence-electron chi connectivity index (χ1n) is 4.92. The molecule has 0 aromatic carbocycles. The standard InChI is InChI=1S/C10H14F3N3/c1-2-16(7-10(11,12)13)9-6-15-4-3-8(9)5-14/h3-4,6H,2,5,7,14H2,1H3. The van der Waals surface area contributed by atoms with Crippen LogP contribution in [0.2, 0.25) is 0 Å². The van der Waals surface area contributed by atoms with Crippen LogP contribution in [0.5, 0.6) is 0 Å². The van der Waals surface area contributed by atoms with Gasteiger partial charge in [-0.3, -0.25) is 4.98 Å². The predicted octanol–water partition coefficient (Wildman–Crippen LogP) is 1.93. The number of hydrogen-bond donors (Lipinski definition) is 1. The quantitative estimate of drug-likeness (QED) is 0.864. The molecule has 0 unspecified atom stereocenters. The highest BCUT2D eigenvalue weighted by atomic mass is 19.4. The lowest BCUT2D eigenvalue weighted by atomic mass is 10.2. The summed E-state index contributed by atoms with van der Waals surface area (Å²) in [6.45, 7) is 1.14. The molecule has 2 N–H and O–H groups in total. The number of rotatable bonds is 4. The fraction of sp³-hybridized carbons (Fsp3) is 0.500. The molecule has 3 nitrogen and oxygen atoms in total. The second kappa shape index (κ2) is 5.16. The first kappa shape index (κ1) is 12.8. The third-order valence-electron chi connectivity index (χ3n) is 2.20. The number of pyridine rings is 1. The second-order valence-electron chi connectivity index (χ2n) is 3.34. The van der Waals surface area contributed by atoms with Crippen LogP contribution in [-0.4, -0.2) is 24.2 Å². The summed E-state index contributed by atoms with van der Waals surface area (Å²) in [7, 11) is 0. The monoisotopic (exact) mass is 233 g/mol. The van der Waals surface area contributed by atoms with E-state index in [-0.39, 0.29) is 13.1 Å². The molecule has 0 bridgehead atoms. The number of halogens is 3. The Bertz CT molecular complexity index is 338. The number of hydrogen-bond acceptors (Lipinski definition) is 3. The highest BCUT2D eigenvalue weighted by molar-refractivity contribution is 5.51. The van der Waals surface area contributed by atoms with Crippen molar-refractivity contribution in [3.8, 4) is 0 Å².